The molecule has 2 rings (SSSR count). The van der Waals surface area contributed by atoms with Crippen molar-refractivity contribution in [1.82, 2.24) is 14.8 Å². The first-order chi connectivity index (χ1) is 8.70. The highest BCUT2D eigenvalue weighted by atomic mass is 19.1. The molecule has 96 valence electrons. The van der Waals surface area contributed by atoms with E-state index in [1.807, 2.05) is 17.7 Å². The fraction of sp³-hybridized carbons (Fsp3) is 0.385. The Kier molecular flexibility index (Phi) is 3.92. The van der Waals surface area contributed by atoms with Crippen LogP contribution in [0.4, 0.5) is 10.1 Å². The molecule has 2 aromatic rings. The van der Waals surface area contributed by atoms with Gasteiger partial charge >= 0.3 is 0 Å². The van der Waals surface area contributed by atoms with Crippen LogP contribution in [-0.4, -0.2) is 14.8 Å². The molecule has 0 aliphatic heterocycles. The first kappa shape index (κ1) is 12.5. The highest BCUT2D eigenvalue weighted by molar-refractivity contribution is 5.46. The molecule has 0 unspecified atom stereocenters. The van der Waals surface area contributed by atoms with Crippen molar-refractivity contribution >= 4 is 5.69 Å². The summed E-state index contributed by atoms with van der Waals surface area (Å²) in [7, 11) is 0. The Morgan fingerprint density at radius 1 is 1.39 bits per heavy atom. The molecular formula is C13H17FN4. The summed E-state index contributed by atoms with van der Waals surface area (Å²) in [6.45, 7) is 5.25. The van der Waals surface area contributed by atoms with Gasteiger partial charge < -0.3 is 5.32 Å². The Morgan fingerprint density at radius 2 is 2.22 bits per heavy atom. The SMILES string of the molecule is CCCn1ncnc1CNc1ccc(C)cc1F. The number of rotatable bonds is 5. The van der Waals surface area contributed by atoms with Gasteiger partial charge in [-0.25, -0.2) is 14.1 Å². The van der Waals surface area contributed by atoms with E-state index >= 15 is 0 Å². The molecule has 0 spiro atoms. The molecule has 4 nitrogen and oxygen atoms in total. The van der Waals surface area contributed by atoms with Gasteiger partial charge in [0.25, 0.3) is 0 Å². The van der Waals surface area contributed by atoms with Crippen LogP contribution in [0.5, 0.6) is 0 Å². The van der Waals surface area contributed by atoms with Crippen LogP contribution < -0.4 is 5.32 Å². The van der Waals surface area contributed by atoms with E-state index in [0.717, 1.165) is 24.4 Å². The summed E-state index contributed by atoms with van der Waals surface area (Å²) >= 11 is 0. The molecular weight excluding hydrogens is 231 g/mol. The fourth-order valence-electron chi connectivity index (χ4n) is 1.76. The molecule has 0 amide bonds. The summed E-state index contributed by atoms with van der Waals surface area (Å²) in [5.74, 6) is 0.577. The van der Waals surface area contributed by atoms with Crippen molar-refractivity contribution in [3.05, 3.63) is 41.7 Å². The van der Waals surface area contributed by atoms with Crippen LogP contribution in [0.3, 0.4) is 0 Å². The van der Waals surface area contributed by atoms with Crippen LogP contribution in [-0.2, 0) is 13.1 Å². The zero-order valence-corrected chi connectivity index (χ0v) is 10.7. The van der Waals surface area contributed by atoms with E-state index < -0.39 is 0 Å². The average molecular weight is 248 g/mol. The van der Waals surface area contributed by atoms with Gasteiger partial charge in [0.05, 0.1) is 12.2 Å². The minimum Gasteiger partial charge on any atom is -0.375 e. The molecule has 0 atom stereocenters. The van der Waals surface area contributed by atoms with E-state index in [1.54, 1.807) is 6.07 Å². The molecule has 5 heteroatoms. The van der Waals surface area contributed by atoms with Crippen molar-refractivity contribution < 1.29 is 4.39 Å². The standard InChI is InChI=1S/C13H17FN4/c1-3-6-18-13(16-9-17-18)8-15-12-5-4-10(2)7-11(12)14/h4-5,7,9,15H,3,6,8H2,1-2H3. The monoisotopic (exact) mass is 248 g/mol. The van der Waals surface area contributed by atoms with Crippen LogP contribution in [0.15, 0.2) is 24.5 Å². The highest BCUT2D eigenvalue weighted by Gasteiger charge is 2.05. The first-order valence-corrected chi connectivity index (χ1v) is 6.07. The number of aromatic nitrogens is 3. The third-order valence-electron chi connectivity index (χ3n) is 2.69. The lowest BCUT2D eigenvalue weighted by Crippen LogP contribution is -2.10. The number of anilines is 1. The van der Waals surface area contributed by atoms with Crippen LogP contribution in [0.25, 0.3) is 0 Å². The quantitative estimate of drug-likeness (QED) is 0.884. The second-order valence-electron chi connectivity index (χ2n) is 4.24. The first-order valence-electron chi connectivity index (χ1n) is 6.07. The second kappa shape index (κ2) is 5.62. The van der Waals surface area contributed by atoms with Gasteiger partial charge in [-0.2, -0.15) is 5.10 Å². The summed E-state index contributed by atoms with van der Waals surface area (Å²) in [5.41, 5.74) is 1.40. The molecule has 0 radical (unpaired) electrons. The molecule has 0 saturated carbocycles. The van der Waals surface area contributed by atoms with Gasteiger partial charge in [0.2, 0.25) is 0 Å². The van der Waals surface area contributed by atoms with Crippen LogP contribution in [0.1, 0.15) is 24.7 Å². The molecule has 0 saturated heterocycles. The van der Waals surface area contributed by atoms with Crippen molar-refractivity contribution in [2.75, 3.05) is 5.32 Å². The van der Waals surface area contributed by atoms with E-state index in [1.165, 1.54) is 12.4 Å². The normalized spacial score (nSPS) is 10.6. The number of nitrogens with zero attached hydrogens (tertiary/aromatic N) is 3. The number of benzene rings is 1. The van der Waals surface area contributed by atoms with Gasteiger partial charge in [-0.1, -0.05) is 13.0 Å². The Bertz CT molecular complexity index is 521. The second-order valence-corrected chi connectivity index (χ2v) is 4.24. The maximum absolute atomic E-state index is 13.6. The lowest BCUT2D eigenvalue weighted by Gasteiger charge is -2.08. The van der Waals surface area contributed by atoms with Crippen molar-refractivity contribution in [3.63, 3.8) is 0 Å². The minimum absolute atomic E-state index is 0.239. The fourth-order valence-corrected chi connectivity index (χ4v) is 1.76. The molecule has 1 N–H and O–H groups in total. The molecule has 1 heterocycles. The van der Waals surface area contributed by atoms with Gasteiger partial charge in [-0.3, -0.25) is 0 Å². The summed E-state index contributed by atoms with van der Waals surface area (Å²) < 4.78 is 15.5. The van der Waals surface area contributed by atoms with Gasteiger partial charge in [0, 0.05) is 6.54 Å². The Balaban J connectivity index is 2.04. The number of hydrogen-bond donors (Lipinski definition) is 1. The van der Waals surface area contributed by atoms with E-state index in [-0.39, 0.29) is 5.82 Å². The Hall–Kier alpha value is -1.91. The topological polar surface area (TPSA) is 42.7 Å². The third kappa shape index (κ3) is 2.85. The van der Waals surface area contributed by atoms with Crippen LogP contribution >= 0.6 is 0 Å². The summed E-state index contributed by atoms with van der Waals surface area (Å²) in [6.07, 6.45) is 2.52. The van der Waals surface area contributed by atoms with Gasteiger partial charge in [0.1, 0.15) is 18.0 Å². The molecule has 0 fully saturated rings. The average Bonchev–Trinajstić information content (AvgIpc) is 2.76. The number of hydrogen-bond acceptors (Lipinski definition) is 3. The van der Waals surface area contributed by atoms with Crippen molar-refractivity contribution in [3.8, 4) is 0 Å². The highest BCUT2D eigenvalue weighted by Crippen LogP contribution is 2.15. The number of nitrogens with one attached hydrogen (secondary N) is 1. The van der Waals surface area contributed by atoms with E-state index in [2.05, 4.69) is 22.3 Å². The molecule has 1 aromatic heterocycles. The van der Waals surface area contributed by atoms with Gasteiger partial charge in [-0.05, 0) is 31.0 Å². The summed E-state index contributed by atoms with van der Waals surface area (Å²) in [5, 5.41) is 7.17. The Labute approximate surface area is 106 Å². The predicted octanol–water partition coefficient (Wildman–Crippen LogP) is 2.75. The lowest BCUT2D eigenvalue weighted by atomic mass is 10.2. The van der Waals surface area contributed by atoms with E-state index in [9.17, 15) is 4.39 Å². The third-order valence-corrected chi connectivity index (χ3v) is 2.69. The largest absolute Gasteiger partial charge is 0.375 e. The zero-order chi connectivity index (χ0) is 13.0. The molecule has 1 aromatic carbocycles. The van der Waals surface area contributed by atoms with Crippen molar-refractivity contribution in [1.29, 1.82) is 0 Å². The van der Waals surface area contributed by atoms with Crippen molar-refractivity contribution in [2.45, 2.75) is 33.4 Å². The molecule has 18 heavy (non-hydrogen) atoms. The molecule has 0 aliphatic carbocycles. The number of halogens is 1. The maximum atomic E-state index is 13.6. The van der Waals surface area contributed by atoms with Gasteiger partial charge in [0.15, 0.2) is 0 Å². The molecule has 0 bridgehead atoms. The van der Waals surface area contributed by atoms with Gasteiger partial charge in [-0.15, -0.1) is 0 Å². The summed E-state index contributed by atoms with van der Waals surface area (Å²) in [4.78, 5) is 4.16. The predicted molar refractivity (Wildman–Crippen MR) is 68.8 cm³/mol. The van der Waals surface area contributed by atoms with E-state index in [4.69, 9.17) is 0 Å². The summed E-state index contributed by atoms with van der Waals surface area (Å²) in [6, 6.07) is 5.13. The molecule has 0 aliphatic rings. The lowest BCUT2D eigenvalue weighted by molar-refractivity contribution is 0.572. The van der Waals surface area contributed by atoms with Crippen LogP contribution in [0, 0.1) is 12.7 Å². The number of aryl methyl sites for hydroxylation is 2. The van der Waals surface area contributed by atoms with Crippen molar-refractivity contribution in [2.24, 2.45) is 0 Å². The zero-order valence-electron chi connectivity index (χ0n) is 10.7. The smallest absolute Gasteiger partial charge is 0.146 e. The minimum atomic E-state index is -0.239. The van der Waals surface area contributed by atoms with Crippen LogP contribution in [0.2, 0.25) is 0 Å². The Morgan fingerprint density at radius 3 is 2.94 bits per heavy atom. The maximum Gasteiger partial charge on any atom is 0.146 e. The van der Waals surface area contributed by atoms with E-state index in [0.29, 0.717) is 12.2 Å².